The molecule has 1 N–H and O–H groups in total. The third kappa shape index (κ3) is 2.81. The number of piperazine rings is 1. The Morgan fingerprint density at radius 1 is 1.67 bits per heavy atom. The number of rotatable bonds is 2. The standard InChI is InChI=1S/C9H18N2O/c1-7(2)4-11-5-8(3)10-9(12)6-11/h7-8H,4-6H2,1-3H3,(H,10,12)/t8-/m1/s1. The van der Waals surface area contributed by atoms with Gasteiger partial charge in [0.1, 0.15) is 0 Å². The first-order chi connectivity index (χ1) is 5.58. The first kappa shape index (κ1) is 9.52. The highest BCUT2D eigenvalue weighted by Crippen LogP contribution is 2.03. The van der Waals surface area contributed by atoms with Crippen LogP contribution in [0.25, 0.3) is 0 Å². The van der Waals surface area contributed by atoms with Gasteiger partial charge in [-0.3, -0.25) is 9.69 Å². The number of hydrogen-bond acceptors (Lipinski definition) is 2. The second-order valence-corrected chi connectivity index (χ2v) is 4.06. The van der Waals surface area contributed by atoms with E-state index in [9.17, 15) is 4.79 Å². The van der Waals surface area contributed by atoms with E-state index in [4.69, 9.17) is 0 Å². The van der Waals surface area contributed by atoms with Gasteiger partial charge in [0, 0.05) is 19.1 Å². The van der Waals surface area contributed by atoms with Crippen molar-refractivity contribution in [2.24, 2.45) is 5.92 Å². The van der Waals surface area contributed by atoms with Crippen molar-refractivity contribution >= 4 is 5.91 Å². The summed E-state index contributed by atoms with van der Waals surface area (Å²) in [7, 11) is 0. The maximum atomic E-state index is 11.1. The third-order valence-electron chi connectivity index (χ3n) is 1.93. The molecule has 0 aromatic heterocycles. The Bertz CT molecular complexity index is 166. The summed E-state index contributed by atoms with van der Waals surface area (Å²) < 4.78 is 0. The lowest BCUT2D eigenvalue weighted by atomic mass is 10.1. The molecule has 70 valence electrons. The van der Waals surface area contributed by atoms with E-state index < -0.39 is 0 Å². The topological polar surface area (TPSA) is 32.3 Å². The van der Waals surface area contributed by atoms with Gasteiger partial charge in [-0.15, -0.1) is 0 Å². The molecule has 1 saturated heterocycles. The van der Waals surface area contributed by atoms with Gasteiger partial charge in [0.05, 0.1) is 6.54 Å². The average molecular weight is 170 g/mol. The zero-order valence-electron chi connectivity index (χ0n) is 8.13. The number of carbonyl (C=O) groups is 1. The summed E-state index contributed by atoms with van der Waals surface area (Å²) in [4.78, 5) is 13.3. The van der Waals surface area contributed by atoms with Gasteiger partial charge in [-0.25, -0.2) is 0 Å². The van der Waals surface area contributed by atoms with Crippen LogP contribution in [0.15, 0.2) is 0 Å². The molecule has 1 fully saturated rings. The average Bonchev–Trinajstić information content (AvgIpc) is 1.81. The molecular weight excluding hydrogens is 152 g/mol. The van der Waals surface area contributed by atoms with Crippen molar-refractivity contribution in [3.05, 3.63) is 0 Å². The minimum absolute atomic E-state index is 0.161. The maximum absolute atomic E-state index is 11.1. The first-order valence-electron chi connectivity index (χ1n) is 4.59. The number of amides is 1. The Labute approximate surface area is 74.1 Å². The van der Waals surface area contributed by atoms with Crippen LogP contribution >= 0.6 is 0 Å². The van der Waals surface area contributed by atoms with Gasteiger partial charge in [-0.1, -0.05) is 13.8 Å². The van der Waals surface area contributed by atoms with Crippen LogP contribution in [0.2, 0.25) is 0 Å². The quantitative estimate of drug-likeness (QED) is 0.653. The van der Waals surface area contributed by atoms with Gasteiger partial charge >= 0.3 is 0 Å². The SMILES string of the molecule is CC(C)CN1CC(=O)N[C@H](C)C1. The number of nitrogens with zero attached hydrogens (tertiary/aromatic N) is 1. The van der Waals surface area contributed by atoms with E-state index in [0.717, 1.165) is 13.1 Å². The largest absolute Gasteiger partial charge is 0.351 e. The summed E-state index contributed by atoms with van der Waals surface area (Å²) in [6.45, 7) is 8.99. The minimum Gasteiger partial charge on any atom is -0.351 e. The summed E-state index contributed by atoms with van der Waals surface area (Å²) in [5, 5.41) is 2.90. The van der Waals surface area contributed by atoms with E-state index in [-0.39, 0.29) is 5.91 Å². The molecule has 3 nitrogen and oxygen atoms in total. The van der Waals surface area contributed by atoms with E-state index in [0.29, 0.717) is 18.5 Å². The molecule has 12 heavy (non-hydrogen) atoms. The molecule has 1 aliphatic rings. The van der Waals surface area contributed by atoms with Crippen LogP contribution < -0.4 is 5.32 Å². The van der Waals surface area contributed by atoms with Crippen LogP contribution in [0.3, 0.4) is 0 Å². The fourth-order valence-corrected chi connectivity index (χ4v) is 1.68. The zero-order chi connectivity index (χ0) is 9.14. The Morgan fingerprint density at radius 3 is 2.83 bits per heavy atom. The van der Waals surface area contributed by atoms with Crippen molar-refractivity contribution in [2.75, 3.05) is 19.6 Å². The number of hydrogen-bond donors (Lipinski definition) is 1. The molecule has 3 heteroatoms. The predicted molar refractivity (Wildman–Crippen MR) is 48.9 cm³/mol. The molecule has 0 spiro atoms. The molecule has 1 amide bonds. The van der Waals surface area contributed by atoms with Gasteiger partial charge in [0.2, 0.25) is 5.91 Å². The van der Waals surface area contributed by atoms with Gasteiger partial charge in [0.15, 0.2) is 0 Å². The minimum atomic E-state index is 0.161. The maximum Gasteiger partial charge on any atom is 0.234 e. The van der Waals surface area contributed by atoms with E-state index in [1.807, 2.05) is 6.92 Å². The Morgan fingerprint density at radius 2 is 2.33 bits per heavy atom. The van der Waals surface area contributed by atoms with Gasteiger partial charge in [-0.05, 0) is 12.8 Å². The molecule has 1 atom stereocenters. The van der Waals surface area contributed by atoms with Crippen molar-refractivity contribution in [1.82, 2.24) is 10.2 Å². The predicted octanol–water partition coefficient (Wildman–Crippen LogP) is 0.463. The molecule has 1 heterocycles. The first-order valence-corrected chi connectivity index (χ1v) is 4.59. The Balaban J connectivity index is 2.39. The summed E-state index contributed by atoms with van der Waals surface area (Å²) in [5.74, 6) is 0.803. The molecule has 0 bridgehead atoms. The van der Waals surface area contributed by atoms with Crippen molar-refractivity contribution in [3.63, 3.8) is 0 Å². The van der Waals surface area contributed by atoms with Crippen LogP contribution in [-0.2, 0) is 4.79 Å². The van der Waals surface area contributed by atoms with E-state index >= 15 is 0 Å². The van der Waals surface area contributed by atoms with Crippen LogP contribution in [0.4, 0.5) is 0 Å². The van der Waals surface area contributed by atoms with Crippen molar-refractivity contribution in [2.45, 2.75) is 26.8 Å². The Hall–Kier alpha value is -0.570. The van der Waals surface area contributed by atoms with Gasteiger partial charge in [0.25, 0.3) is 0 Å². The van der Waals surface area contributed by atoms with Crippen molar-refractivity contribution < 1.29 is 4.79 Å². The molecule has 0 radical (unpaired) electrons. The molecule has 1 aliphatic heterocycles. The molecule has 0 aliphatic carbocycles. The molecular formula is C9H18N2O. The lowest BCUT2D eigenvalue weighted by Crippen LogP contribution is -2.53. The number of nitrogens with one attached hydrogen (secondary N) is 1. The summed E-state index contributed by atoms with van der Waals surface area (Å²) >= 11 is 0. The van der Waals surface area contributed by atoms with Crippen LogP contribution in [0.5, 0.6) is 0 Å². The summed E-state index contributed by atoms with van der Waals surface area (Å²) in [6, 6.07) is 0.310. The molecule has 0 unspecified atom stereocenters. The van der Waals surface area contributed by atoms with Crippen molar-refractivity contribution in [1.29, 1.82) is 0 Å². The van der Waals surface area contributed by atoms with Crippen LogP contribution in [0, 0.1) is 5.92 Å². The summed E-state index contributed by atoms with van der Waals surface area (Å²) in [5.41, 5.74) is 0. The van der Waals surface area contributed by atoms with Crippen LogP contribution in [0.1, 0.15) is 20.8 Å². The van der Waals surface area contributed by atoms with E-state index in [1.54, 1.807) is 0 Å². The highest BCUT2D eigenvalue weighted by molar-refractivity contribution is 5.79. The molecule has 0 saturated carbocycles. The highest BCUT2D eigenvalue weighted by Gasteiger charge is 2.21. The zero-order valence-corrected chi connectivity index (χ0v) is 8.13. The lowest BCUT2D eigenvalue weighted by molar-refractivity contribution is -0.125. The Kier molecular flexibility index (Phi) is 3.09. The molecule has 0 aromatic rings. The van der Waals surface area contributed by atoms with E-state index in [2.05, 4.69) is 24.1 Å². The normalized spacial score (nSPS) is 26.0. The smallest absolute Gasteiger partial charge is 0.234 e. The highest BCUT2D eigenvalue weighted by atomic mass is 16.2. The second kappa shape index (κ2) is 3.90. The summed E-state index contributed by atoms with van der Waals surface area (Å²) in [6.07, 6.45) is 0. The third-order valence-corrected chi connectivity index (χ3v) is 1.93. The molecule has 0 aromatic carbocycles. The van der Waals surface area contributed by atoms with Crippen LogP contribution in [-0.4, -0.2) is 36.5 Å². The van der Waals surface area contributed by atoms with E-state index in [1.165, 1.54) is 0 Å². The monoisotopic (exact) mass is 170 g/mol. The fourth-order valence-electron chi connectivity index (χ4n) is 1.68. The second-order valence-electron chi connectivity index (χ2n) is 4.06. The lowest BCUT2D eigenvalue weighted by Gasteiger charge is -2.32. The number of carbonyl (C=O) groups excluding carboxylic acids is 1. The molecule has 1 rings (SSSR count). The van der Waals surface area contributed by atoms with Crippen molar-refractivity contribution in [3.8, 4) is 0 Å². The van der Waals surface area contributed by atoms with Gasteiger partial charge in [-0.2, -0.15) is 0 Å². The van der Waals surface area contributed by atoms with Gasteiger partial charge < -0.3 is 5.32 Å². The fraction of sp³-hybridized carbons (Fsp3) is 0.889.